The van der Waals surface area contributed by atoms with Gasteiger partial charge in [0.25, 0.3) is 5.91 Å². The van der Waals surface area contributed by atoms with E-state index in [1.165, 1.54) is 11.8 Å². The summed E-state index contributed by atoms with van der Waals surface area (Å²) in [6.45, 7) is 0. The van der Waals surface area contributed by atoms with Crippen molar-refractivity contribution in [3.05, 3.63) is 83.8 Å². The van der Waals surface area contributed by atoms with Crippen LogP contribution in [0.5, 0.6) is 0 Å². The van der Waals surface area contributed by atoms with E-state index in [1.54, 1.807) is 30.5 Å². The number of aromatic amines is 1. The molecule has 0 unspecified atom stereocenters. The van der Waals surface area contributed by atoms with Gasteiger partial charge in [0.15, 0.2) is 0 Å². The highest BCUT2D eigenvalue weighted by Gasteiger charge is 2.28. The van der Waals surface area contributed by atoms with Crippen LogP contribution < -0.4 is 0 Å². The number of nitrogens with zero attached hydrogens (tertiary/aromatic N) is 3. The number of carbonyl (C=O) groups excluding carboxylic acids is 1. The number of amides is 1. The van der Waals surface area contributed by atoms with Crippen molar-refractivity contribution in [1.29, 1.82) is 0 Å². The lowest BCUT2D eigenvalue weighted by Gasteiger charge is -2.19. The molecule has 0 fully saturated rings. The third-order valence-electron chi connectivity index (χ3n) is 4.69. The summed E-state index contributed by atoms with van der Waals surface area (Å²) in [7, 11) is -3.60. The standard InChI is InChI=1S/C22H19N4O4PS/c1-26(31(28,29)30)22(27)18-7-2-3-8-21(18)32-16-10-11-17-19(24-25-20(17)14-16)12-9-15-6-4-5-13-23-15/h2-14H,1H3,(H,24,25)(H2,28,29,30)/b12-9+. The smallest absolute Gasteiger partial charge is 0.308 e. The molecule has 0 atom stereocenters. The molecule has 0 aliphatic heterocycles. The molecule has 0 saturated heterocycles. The topological polar surface area (TPSA) is 119 Å². The predicted octanol–water partition coefficient (Wildman–Crippen LogP) is 4.44. The third kappa shape index (κ3) is 4.81. The van der Waals surface area contributed by atoms with Crippen molar-refractivity contribution in [2.45, 2.75) is 9.79 Å². The summed E-state index contributed by atoms with van der Waals surface area (Å²) >= 11 is 1.33. The minimum Gasteiger partial charge on any atom is -0.308 e. The molecule has 3 N–H and O–H groups in total. The minimum atomic E-state index is -4.69. The summed E-state index contributed by atoms with van der Waals surface area (Å²) in [6, 6.07) is 18.2. The molecule has 10 heteroatoms. The average Bonchev–Trinajstić information content (AvgIpc) is 3.19. The van der Waals surface area contributed by atoms with Crippen LogP contribution in [0.4, 0.5) is 0 Å². The maximum atomic E-state index is 12.6. The molecule has 8 nitrogen and oxygen atoms in total. The Bertz CT molecular complexity index is 1350. The summed E-state index contributed by atoms with van der Waals surface area (Å²) in [5, 5.41) is 8.31. The van der Waals surface area contributed by atoms with Crippen LogP contribution in [0.2, 0.25) is 0 Å². The van der Waals surface area contributed by atoms with Gasteiger partial charge in [-0.05, 0) is 54.6 Å². The summed E-state index contributed by atoms with van der Waals surface area (Å²) < 4.78 is 11.9. The van der Waals surface area contributed by atoms with E-state index in [0.29, 0.717) is 9.57 Å². The van der Waals surface area contributed by atoms with Gasteiger partial charge in [0.2, 0.25) is 0 Å². The Labute approximate surface area is 188 Å². The number of pyridine rings is 1. The van der Waals surface area contributed by atoms with Crippen LogP contribution in [-0.4, -0.2) is 42.6 Å². The maximum Gasteiger partial charge on any atom is 0.432 e. The third-order valence-corrected chi connectivity index (χ3v) is 6.72. The van der Waals surface area contributed by atoms with Gasteiger partial charge in [0.1, 0.15) is 0 Å². The summed E-state index contributed by atoms with van der Waals surface area (Å²) in [5.74, 6) is -0.744. The lowest BCUT2D eigenvalue weighted by molar-refractivity contribution is 0.0851. The van der Waals surface area contributed by atoms with Crippen LogP contribution in [0.1, 0.15) is 21.7 Å². The second-order valence-electron chi connectivity index (χ2n) is 6.84. The highest BCUT2D eigenvalue weighted by molar-refractivity contribution is 7.99. The van der Waals surface area contributed by atoms with Gasteiger partial charge < -0.3 is 9.79 Å². The van der Waals surface area contributed by atoms with Crippen molar-refractivity contribution in [1.82, 2.24) is 19.9 Å². The number of rotatable bonds is 6. The Morgan fingerprint density at radius 1 is 1.09 bits per heavy atom. The largest absolute Gasteiger partial charge is 0.432 e. The first-order valence-corrected chi connectivity index (χ1v) is 11.9. The summed E-state index contributed by atoms with van der Waals surface area (Å²) in [6.07, 6.45) is 5.50. The van der Waals surface area contributed by atoms with E-state index < -0.39 is 13.7 Å². The number of hydrogen-bond acceptors (Lipinski definition) is 5. The second kappa shape index (κ2) is 9.10. The molecule has 0 aliphatic rings. The Hall–Kier alpha value is -3.23. The zero-order valence-electron chi connectivity index (χ0n) is 16.9. The number of carbonyl (C=O) groups is 1. The van der Waals surface area contributed by atoms with Gasteiger partial charge in [-0.25, -0.2) is 9.24 Å². The minimum absolute atomic E-state index is 0.215. The van der Waals surface area contributed by atoms with E-state index >= 15 is 0 Å². The molecule has 0 spiro atoms. The number of benzene rings is 2. The zero-order valence-corrected chi connectivity index (χ0v) is 18.6. The molecule has 4 rings (SSSR count). The fraction of sp³-hybridized carbons (Fsp3) is 0.0455. The number of nitrogens with one attached hydrogen (secondary N) is 1. The zero-order chi connectivity index (χ0) is 22.7. The van der Waals surface area contributed by atoms with Crippen molar-refractivity contribution < 1.29 is 19.1 Å². The molecule has 162 valence electrons. The fourth-order valence-electron chi connectivity index (χ4n) is 3.00. The van der Waals surface area contributed by atoms with Gasteiger partial charge >= 0.3 is 7.75 Å². The van der Waals surface area contributed by atoms with E-state index in [1.807, 2.05) is 48.6 Å². The number of fused-ring (bicyclic) bond motifs is 1. The van der Waals surface area contributed by atoms with Gasteiger partial charge in [0, 0.05) is 28.4 Å². The van der Waals surface area contributed by atoms with Crippen LogP contribution in [0, 0.1) is 0 Å². The van der Waals surface area contributed by atoms with E-state index in [9.17, 15) is 19.1 Å². The van der Waals surface area contributed by atoms with Crippen LogP contribution in [0.25, 0.3) is 23.1 Å². The SMILES string of the molecule is CN(C(=O)c1ccccc1Sc1ccc2c(/C=C/c3ccccn3)n[nH]c2c1)P(=O)(O)O. The van der Waals surface area contributed by atoms with Crippen molar-refractivity contribution >= 4 is 48.5 Å². The number of H-pyrrole nitrogens is 1. The molecular formula is C22H19N4O4PS. The quantitative estimate of drug-likeness (QED) is 0.359. The van der Waals surface area contributed by atoms with Gasteiger partial charge in [0.05, 0.1) is 22.5 Å². The average molecular weight is 466 g/mol. The maximum absolute atomic E-state index is 12.6. The van der Waals surface area contributed by atoms with Crippen LogP contribution in [0.3, 0.4) is 0 Å². The molecule has 2 aromatic carbocycles. The normalized spacial score (nSPS) is 11.8. The van der Waals surface area contributed by atoms with Crippen LogP contribution in [-0.2, 0) is 4.57 Å². The van der Waals surface area contributed by atoms with Crippen molar-refractivity contribution in [3.8, 4) is 0 Å². The fourth-order valence-corrected chi connectivity index (χ4v) is 4.32. The van der Waals surface area contributed by atoms with Crippen molar-refractivity contribution in [2.24, 2.45) is 0 Å². The first kappa shape index (κ1) is 22.0. The van der Waals surface area contributed by atoms with Crippen molar-refractivity contribution in [3.63, 3.8) is 0 Å². The van der Waals surface area contributed by atoms with E-state index in [4.69, 9.17) is 0 Å². The van der Waals surface area contributed by atoms with Gasteiger partial charge in [-0.2, -0.15) is 5.10 Å². The van der Waals surface area contributed by atoms with E-state index in [0.717, 1.165) is 34.2 Å². The van der Waals surface area contributed by atoms with Crippen molar-refractivity contribution in [2.75, 3.05) is 7.05 Å². The molecule has 4 aromatic rings. The Morgan fingerprint density at radius 3 is 2.62 bits per heavy atom. The lowest BCUT2D eigenvalue weighted by Crippen LogP contribution is -2.24. The monoisotopic (exact) mass is 466 g/mol. The Morgan fingerprint density at radius 2 is 1.88 bits per heavy atom. The van der Waals surface area contributed by atoms with Crippen LogP contribution in [0.15, 0.2) is 76.7 Å². The molecular weight excluding hydrogens is 447 g/mol. The highest BCUT2D eigenvalue weighted by atomic mass is 32.2. The van der Waals surface area contributed by atoms with Gasteiger partial charge in [-0.1, -0.05) is 30.0 Å². The van der Waals surface area contributed by atoms with E-state index in [-0.39, 0.29) is 5.56 Å². The molecule has 0 radical (unpaired) electrons. The molecule has 0 bridgehead atoms. The first-order chi connectivity index (χ1) is 15.3. The van der Waals surface area contributed by atoms with E-state index in [2.05, 4.69) is 15.2 Å². The second-order valence-corrected chi connectivity index (χ2v) is 9.59. The summed E-state index contributed by atoms with van der Waals surface area (Å²) in [4.78, 5) is 36.9. The molecule has 32 heavy (non-hydrogen) atoms. The first-order valence-electron chi connectivity index (χ1n) is 9.51. The molecule has 2 heterocycles. The summed E-state index contributed by atoms with van der Waals surface area (Å²) in [5.41, 5.74) is 2.65. The molecule has 0 aliphatic carbocycles. The van der Waals surface area contributed by atoms with Gasteiger partial charge in [-0.15, -0.1) is 0 Å². The molecule has 1 amide bonds. The van der Waals surface area contributed by atoms with Gasteiger partial charge in [-0.3, -0.25) is 14.9 Å². The Balaban J connectivity index is 1.59. The van der Waals surface area contributed by atoms with Crippen LogP contribution >= 0.6 is 19.5 Å². The Kier molecular flexibility index (Phi) is 6.25. The molecule has 0 saturated carbocycles. The number of aromatic nitrogens is 3. The lowest BCUT2D eigenvalue weighted by atomic mass is 10.2. The predicted molar refractivity (Wildman–Crippen MR) is 124 cm³/mol. The highest BCUT2D eigenvalue weighted by Crippen LogP contribution is 2.41. The number of hydrogen-bond donors (Lipinski definition) is 3. The molecule has 2 aromatic heterocycles.